The second-order valence-electron chi connectivity index (χ2n) is 9.99. The molecule has 0 atom stereocenters. The number of allylic oxidation sites excluding steroid dienone is 7. The van der Waals surface area contributed by atoms with Crippen LogP contribution in [0.5, 0.6) is 0 Å². The van der Waals surface area contributed by atoms with Gasteiger partial charge in [-0.3, -0.25) is 0 Å². The predicted molar refractivity (Wildman–Crippen MR) is 180 cm³/mol. The second-order valence-corrected chi connectivity index (χ2v) is 15.3. The molecule has 0 bridgehead atoms. The fraction of sp³-hybridized carbons (Fsp3) is 0. The largest absolute Gasteiger partial charge is 0.222 e. The summed E-state index contributed by atoms with van der Waals surface area (Å²) in [6.45, 7) is 0. The molecule has 0 saturated carbocycles. The van der Waals surface area contributed by atoms with Gasteiger partial charge in [0.05, 0.1) is 0 Å². The molecular weight excluding hydrogens is 726 g/mol. The zero-order valence-electron chi connectivity index (χ0n) is 24.6. The molecule has 0 fully saturated rings. The molecule has 46 heavy (non-hydrogen) atoms. The summed E-state index contributed by atoms with van der Waals surface area (Å²) in [6.07, 6.45) is 15.6. The Bertz CT molecular complexity index is 1760. The average Bonchev–Trinajstić information content (AvgIpc) is 3.09. The Balaban J connectivity index is 0.000000775. The average molecular weight is 755 g/mol. The van der Waals surface area contributed by atoms with Crippen LogP contribution in [0.15, 0.2) is 175 Å². The quantitative estimate of drug-likeness (QED) is 0.175. The molecule has 0 unspecified atom stereocenters. The first-order valence-electron chi connectivity index (χ1n) is 14.3. The van der Waals surface area contributed by atoms with Gasteiger partial charge in [0.25, 0.3) is 0 Å². The van der Waals surface area contributed by atoms with Crippen molar-refractivity contribution in [2.75, 3.05) is 0 Å². The van der Waals surface area contributed by atoms with Crippen molar-refractivity contribution in [3.05, 3.63) is 192 Å². The summed E-state index contributed by atoms with van der Waals surface area (Å²) in [6, 6.07) is 47.8. The van der Waals surface area contributed by atoms with Gasteiger partial charge < -0.3 is 0 Å². The van der Waals surface area contributed by atoms with Crippen LogP contribution in [-0.2, 0) is 0 Å². The minimum atomic E-state index is -4.94. The molecule has 1 aliphatic rings. The topological polar surface area (TPSA) is 92.2 Å². The van der Waals surface area contributed by atoms with E-state index in [1.54, 1.807) is 0 Å². The van der Waals surface area contributed by atoms with Crippen LogP contribution in [0.3, 0.4) is 0 Å². The van der Waals surface area contributed by atoms with Crippen molar-refractivity contribution in [3.8, 4) is 20.0 Å². The van der Waals surface area contributed by atoms with E-state index in [1.807, 2.05) is 0 Å². The van der Waals surface area contributed by atoms with E-state index < -0.39 is 10.2 Å². The Morgan fingerprint density at radius 1 is 0.500 bits per heavy atom. The summed E-state index contributed by atoms with van der Waals surface area (Å²) in [7, 11) is -4.94. The van der Waals surface area contributed by atoms with E-state index in [0.29, 0.717) is 0 Å². The molecule has 7 heteroatoms. The fourth-order valence-corrected chi connectivity index (χ4v) is 9.37. The molecule has 5 aromatic rings. The van der Waals surface area contributed by atoms with Gasteiger partial charge in [-0.1, -0.05) is 0 Å². The summed E-state index contributed by atoms with van der Waals surface area (Å²) in [5, 5.41) is 0. The molecule has 0 amide bonds. The van der Waals surface area contributed by atoms with Crippen LogP contribution in [0.1, 0.15) is 16.7 Å². The SMILES string of the molecule is C(/C=C/C=C/c1cc(-c2ccccc2)[se+]c(-c2ccccc2)c1)=C1C=C(c2ccccc2)[Se]C(c2ccccc2)=C1.[O-][Cl+3]([O-])([O-])[O-]. The Morgan fingerprint density at radius 3 is 1.30 bits per heavy atom. The van der Waals surface area contributed by atoms with Gasteiger partial charge in [0, 0.05) is 0 Å². The first-order valence-corrected chi connectivity index (χ1v) is 19.0. The van der Waals surface area contributed by atoms with Crippen molar-refractivity contribution in [2.45, 2.75) is 0 Å². The number of hydrogen-bond acceptors (Lipinski definition) is 4. The third-order valence-corrected chi connectivity index (χ3v) is 11.5. The molecule has 6 rings (SSSR count). The van der Waals surface area contributed by atoms with Crippen LogP contribution in [0.4, 0.5) is 0 Å². The Morgan fingerprint density at radius 2 is 0.891 bits per heavy atom. The monoisotopic (exact) mass is 756 g/mol. The maximum atomic E-state index is 8.49. The molecule has 0 radical (unpaired) electrons. The summed E-state index contributed by atoms with van der Waals surface area (Å²) < 4.78 is 39.6. The van der Waals surface area contributed by atoms with Gasteiger partial charge >= 0.3 is 257 Å². The molecule has 0 saturated heterocycles. The minimum Gasteiger partial charge on any atom is -0.222 e. The van der Waals surface area contributed by atoms with E-state index >= 15 is 0 Å². The van der Waals surface area contributed by atoms with Gasteiger partial charge in [-0.2, -0.15) is 0 Å². The Hall–Kier alpha value is -3.90. The van der Waals surface area contributed by atoms with Gasteiger partial charge in [0.15, 0.2) is 0 Å². The summed E-state index contributed by atoms with van der Waals surface area (Å²) in [5.74, 6) is 0. The maximum Gasteiger partial charge on any atom is -0.112 e. The fourth-order valence-electron chi connectivity index (χ4n) is 4.61. The first kappa shape index (κ1) is 33.5. The number of halogens is 1. The molecule has 228 valence electrons. The molecule has 4 nitrogen and oxygen atoms in total. The van der Waals surface area contributed by atoms with Crippen LogP contribution in [0.25, 0.3) is 35.0 Å². The van der Waals surface area contributed by atoms with E-state index in [1.165, 1.54) is 51.2 Å². The third kappa shape index (κ3) is 10.6. The molecule has 4 aromatic carbocycles. The zero-order chi connectivity index (χ0) is 32.2. The van der Waals surface area contributed by atoms with Crippen molar-refractivity contribution in [2.24, 2.45) is 0 Å². The Kier molecular flexibility index (Phi) is 12.1. The van der Waals surface area contributed by atoms with E-state index in [9.17, 15) is 0 Å². The van der Waals surface area contributed by atoms with Gasteiger partial charge in [-0.15, -0.1) is 10.2 Å². The van der Waals surface area contributed by atoms with E-state index in [0.717, 1.165) is 0 Å². The van der Waals surface area contributed by atoms with Crippen molar-refractivity contribution in [1.82, 2.24) is 0 Å². The smallest absolute Gasteiger partial charge is 0.112 e. The van der Waals surface area contributed by atoms with Crippen LogP contribution in [0, 0.1) is 10.2 Å². The van der Waals surface area contributed by atoms with Crippen LogP contribution in [0.2, 0.25) is 0 Å². The summed E-state index contributed by atoms with van der Waals surface area (Å²) >= 11 is 0.517. The van der Waals surface area contributed by atoms with Crippen LogP contribution in [-0.4, -0.2) is 29.5 Å². The van der Waals surface area contributed by atoms with Crippen molar-refractivity contribution in [3.63, 3.8) is 0 Å². The normalized spacial score (nSPS) is 13.2. The van der Waals surface area contributed by atoms with E-state index in [2.05, 4.69) is 176 Å². The molecule has 2 heterocycles. The van der Waals surface area contributed by atoms with Gasteiger partial charge in [-0.25, -0.2) is 18.6 Å². The van der Waals surface area contributed by atoms with Gasteiger partial charge in [-0.05, 0) is 0 Å². The third-order valence-electron chi connectivity index (χ3n) is 6.66. The molecule has 0 aliphatic carbocycles. The van der Waals surface area contributed by atoms with Crippen molar-refractivity contribution >= 4 is 44.5 Å². The van der Waals surface area contributed by atoms with Gasteiger partial charge in [0.1, 0.15) is 0 Å². The minimum absolute atomic E-state index is 0.258. The van der Waals surface area contributed by atoms with Crippen molar-refractivity contribution < 1.29 is 28.9 Å². The molecule has 1 aliphatic heterocycles. The molecule has 0 spiro atoms. The first-order chi connectivity index (χ1) is 22.3. The van der Waals surface area contributed by atoms with Crippen LogP contribution < -0.4 is 18.6 Å². The summed E-state index contributed by atoms with van der Waals surface area (Å²) in [5.41, 5.74) is 7.68. The maximum absolute atomic E-state index is 8.49. The predicted octanol–water partition coefficient (Wildman–Crippen LogP) is 4.90. The molecule has 0 N–H and O–H groups in total. The molecule has 1 aromatic heterocycles. The second kappa shape index (κ2) is 16.6. The van der Waals surface area contributed by atoms with Crippen LogP contribution >= 0.6 is 0 Å². The van der Waals surface area contributed by atoms with E-state index in [-0.39, 0.29) is 29.5 Å². The van der Waals surface area contributed by atoms with Gasteiger partial charge in [0.2, 0.25) is 0 Å². The Labute approximate surface area is 284 Å². The molecular formula is C39H29ClO4Se2. The number of hydrogen-bond donors (Lipinski definition) is 0. The van der Waals surface area contributed by atoms with Crippen molar-refractivity contribution in [1.29, 1.82) is 0 Å². The zero-order valence-corrected chi connectivity index (χ0v) is 28.8. The number of rotatable bonds is 7. The van der Waals surface area contributed by atoms with E-state index in [4.69, 9.17) is 18.6 Å². The summed E-state index contributed by atoms with van der Waals surface area (Å²) in [4.78, 5) is 0. The standard InChI is InChI=1S/C39H29Se2.ClHO4/c1(6-16-30-26-36(32-18-8-2-9-19-32)40-37(27-30)33-20-10-3-11-21-33)7-17-31-28-38(34-22-12-4-13-23-34)41-39(29-31)35-24-14-5-15-25-35;2-1(3,4)5/h1-29H;(H,2,3,4,5)/q+1;/p-1. The number of benzene rings is 4.